The fraction of sp³-hybridized carbons (Fsp3) is 0.462. The first-order chi connectivity index (χ1) is 9.70. The van der Waals surface area contributed by atoms with Crippen molar-refractivity contribution in [1.82, 2.24) is 20.2 Å². The highest BCUT2D eigenvalue weighted by Crippen LogP contribution is 2.42. The number of tetrazole rings is 1. The lowest BCUT2D eigenvalue weighted by Crippen LogP contribution is -2.22. The molecular formula is C13H16N6O. The van der Waals surface area contributed by atoms with Crippen LogP contribution >= 0.6 is 0 Å². The predicted octanol–water partition coefficient (Wildman–Crippen LogP) is 0.997. The van der Waals surface area contributed by atoms with E-state index >= 15 is 0 Å². The molecule has 1 aromatic heterocycles. The van der Waals surface area contributed by atoms with E-state index in [1.165, 1.54) is 0 Å². The van der Waals surface area contributed by atoms with Gasteiger partial charge < -0.3 is 16.2 Å². The van der Waals surface area contributed by atoms with Crippen molar-refractivity contribution in [1.29, 1.82) is 0 Å². The summed E-state index contributed by atoms with van der Waals surface area (Å²) in [6, 6.07) is 5.61. The van der Waals surface area contributed by atoms with Gasteiger partial charge in [0.25, 0.3) is 0 Å². The Labute approximate surface area is 115 Å². The second-order valence-corrected chi connectivity index (χ2v) is 5.51. The molecule has 7 nitrogen and oxygen atoms in total. The first-order valence-electron chi connectivity index (χ1n) is 6.80. The zero-order valence-corrected chi connectivity index (χ0v) is 10.9. The standard InChI is InChI=1S/C13H16N6O/c14-8-3-7(4-9(15)5-8)13-16-17-18-19(13)11-6-10-1-2-12(11)20-10/h3-5,10-12H,1-2,6,14-15H2. The molecule has 3 unspecified atom stereocenters. The summed E-state index contributed by atoms with van der Waals surface area (Å²) in [5.41, 5.74) is 13.8. The summed E-state index contributed by atoms with van der Waals surface area (Å²) in [7, 11) is 0. The van der Waals surface area contributed by atoms with Crippen LogP contribution in [0.2, 0.25) is 0 Å². The number of rotatable bonds is 2. The van der Waals surface area contributed by atoms with Crippen LogP contribution in [0.15, 0.2) is 18.2 Å². The molecule has 0 radical (unpaired) electrons. The van der Waals surface area contributed by atoms with Crippen molar-refractivity contribution in [3.8, 4) is 11.4 Å². The first kappa shape index (κ1) is 11.7. The van der Waals surface area contributed by atoms with E-state index in [1.54, 1.807) is 6.07 Å². The number of fused-ring (bicyclic) bond motifs is 2. The molecule has 0 saturated carbocycles. The summed E-state index contributed by atoms with van der Waals surface area (Å²) < 4.78 is 7.74. The lowest BCUT2D eigenvalue weighted by atomic mass is 9.95. The summed E-state index contributed by atoms with van der Waals surface area (Å²) in [5.74, 6) is 0.699. The third kappa shape index (κ3) is 1.74. The van der Waals surface area contributed by atoms with Gasteiger partial charge in [0.1, 0.15) is 0 Å². The van der Waals surface area contributed by atoms with Gasteiger partial charge >= 0.3 is 0 Å². The van der Waals surface area contributed by atoms with Crippen LogP contribution in [-0.2, 0) is 4.74 Å². The van der Waals surface area contributed by atoms with Crippen LogP contribution in [0.1, 0.15) is 25.3 Å². The van der Waals surface area contributed by atoms with Crippen molar-refractivity contribution in [3.05, 3.63) is 18.2 Å². The van der Waals surface area contributed by atoms with Crippen LogP contribution in [0.3, 0.4) is 0 Å². The number of benzene rings is 1. The smallest absolute Gasteiger partial charge is 0.182 e. The first-order valence-corrected chi connectivity index (χ1v) is 6.80. The van der Waals surface area contributed by atoms with Crippen molar-refractivity contribution in [2.75, 3.05) is 11.5 Å². The molecule has 2 aliphatic heterocycles. The van der Waals surface area contributed by atoms with E-state index in [0.29, 0.717) is 23.3 Å². The summed E-state index contributed by atoms with van der Waals surface area (Å²) in [4.78, 5) is 0. The van der Waals surface area contributed by atoms with Crippen molar-refractivity contribution < 1.29 is 4.74 Å². The van der Waals surface area contributed by atoms with Crippen molar-refractivity contribution in [2.24, 2.45) is 0 Å². The molecule has 3 atom stereocenters. The number of anilines is 2. The van der Waals surface area contributed by atoms with Crippen LogP contribution in [0.4, 0.5) is 11.4 Å². The summed E-state index contributed by atoms with van der Waals surface area (Å²) >= 11 is 0. The maximum atomic E-state index is 5.88. The van der Waals surface area contributed by atoms with Crippen LogP contribution < -0.4 is 11.5 Å². The van der Waals surface area contributed by atoms with Crippen molar-refractivity contribution in [3.63, 3.8) is 0 Å². The van der Waals surface area contributed by atoms with E-state index in [4.69, 9.17) is 16.2 Å². The number of nitrogens with two attached hydrogens (primary N) is 2. The van der Waals surface area contributed by atoms with Gasteiger partial charge in [-0.15, -0.1) is 5.10 Å². The van der Waals surface area contributed by atoms with E-state index in [2.05, 4.69) is 15.5 Å². The van der Waals surface area contributed by atoms with Crippen LogP contribution in [0, 0.1) is 0 Å². The Kier molecular flexibility index (Phi) is 2.43. The Morgan fingerprint density at radius 2 is 1.95 bits per heavy atom. The summed E-state index contributed by atoms with van der Waals surface area (Å²) in [6.07, 6.45) is 3.77. The van der Waals surface area contributed by atoms with Crippen molar-refractivity contribution in [2.45, 2.75) is 37.5 Å². The number of ether oxygens (including phenoxy) is 1. The van der Waals surface area contributed by atoms with Crippen LogP contribution in [0.5, 0.6) is 0 Å². The van der Waals surface area contributed by atoms with Gasteiger partial charge in [0.15, 0.2) is 5.82 Å². The maximum absolute atomic E-state index is 5.88. The van der Waals surface area contributed by atoms with E-state index in [-0.39, 0.29) is 12.1 Å². The number of hydrogen-bond donors (Lipinski definition) is 2. The van der Waals surface area contributed by atoms with Gasteiger partial charge in [-0.2, -0.15) is 0 Å². The minimum absolute atomic E-state index is 0.210. The Bertz CT molecular complexity index is 634. The maximum Gasteiger partial charge on any atom is 0.182 e. The molecular weight excluding hydrogens is 256 g/mol. The van der Waals surface area contributed by atoms with E-state index in [9.17, 15) is 0 Å². The van der Waals surface area contributed by atoms with E-state index in [1.807, 2.05) is 16.8 Å². The highest BCUT2D eigenvalue weighted by Gasteiger charge is 2.43. The molecule has 2 saturated heterocycles. The third-order valence-electron chi connectivity index (χ3n) is 4.12. The molecule has 104 valence electrons. The molecule has 20 heavy (non-hydrogen) atoms. The predicted molar refractivity (Wildman–Crippen MR) is 73.6 cm³/mol. The summed E-state index contributed by atoms with van der Waals surface area (Å²) in [6.45, 7) is 0. The molecule has 0 amide bonds. The minimum atomic E-state index is 0.210. The monoisotopic (exact) mass is 272 g/mol. The van der Waals surface area contributed by atoms with Gasteiger partial charge in [-0.3, -0.25) is 0 Å². The SMILES string of the molecule is Nc1cc(N)cc(-c2nnnn2C2CC3CCC2O3)c1. The van der Waals surface area contributed by atoms with E-state index in [0.717, 1.165) is 24.8 Å². The highest BCUT2D eigenvalue weighted by molar-refractivity contribution is 5.67. The Morgan fingerprint density at radius 1 is 1.15 bits per heavy atom. The molecule has 7 heteroatoms. The minimum Gasteiger partial charge on any atom is -0.399 e. The third-order valence-corrected chi connectivity index (χ3v) is 4.12. The Balaban J connectivity index is 1.75. The van der Waals surface area contributed by atoms with Crippen LogP contribution in [0.25, 0.3) is 11.4 Å². The lowest BCUT2D eigenvalue weighted by molar-refractivity contribution is 0.0922. The van der Waals surface area contributed by atoms with Gasteiger partial charge in [-0.1, -0.05) is 0 Å². The molecule has 2 fully saturated rings. The average molecular weight is 272 g/mol. The molecule has 1 aromatic carbocycles. The molecule has 2 bridgehead atoms. The second kappa shape index (κ2) is 4.17. The molecule has 0 aliphatic carbocycles. The zero-order valence-electron chi connectivity index (χ0n) is 10.9. The molecule has 2 aromatic rings. The van der Waals surface area contributed by atoms with Crippen molar-refractivity contribution >= 4 is 11.4 Å². The van der Waals surface area contributed by atoms with E-state index < -0.39 is 0 Å². The Hall–Kier alpha value is -2.15. The topological polar surface area (TPSA) is 105 Å². The normalized spacial score (nSPS) is 28.1. The quantitative estimate of drug-likeness (QED) is 0.790. The number of nitrogens with zero attached hydrogens (tertiary/aromatic N) is 4. The lowest BCUT2D eigenvalue weighted by Gasteiger charge is -2.19. The fourth-order valence-corrected chi connectivity index (χ4v) is 3.28. The second-order valence-electron chi connectivity index (χ2n) is 5.51. The fourth-order valence-electron chi connectivity index (χ4n) is 3.28. The molecule has 4 N–H and O–H groups in total. The molecule has 2 aliphatic rings. The Morgan fingerprint density at radius 3 is 2.60 bits per heavy atom. The van der Waals surface area contributed by atoms with Gasteiger partial charge in [0.2, 0.25) is 0 Å². The molecule has 4 rings (SSSR count). The van der Waals surface area contributed by atoms with Gasteiger partial charge in [-0.05, 0) is 47.9 Å². The van der Waals surface area contributed by atoms with Crippen LogP contribution in [-0.4, -0.2) is 32.4 Å². The molecule has 3 heterocycles. The number of nitrogen functional groups attached to an aromatic ring is 2. The number of hydrogen-bond acceptors (Lipinski definition) is 6. The van der Waals surface area contributed by atoms with Gasteiger partial charge in [0.05, 0.1) is 18.2 Å². The average Bonchev–Trinajstić information content (AvgIpc) is 3.13. The van der Waals surface area contributed by atoms with Gasteiger partial charge in [0, 0.05) is 16.9 Å². The highest BCUT2D eigenvalue weighted by atomic mass is 16.5. The zero-order chi connectivity index (χ0) is 13.7. The summed E-state index contributed by atoms with van der Waals surface area (Å²) in [5, 5.41) is 12.1. The van der Waals surface area contributed by atoms with Gasteiger partial charge in [-0.25, -0.2) is 4.68 Å². The largest absolute Gasteiger partial charge is 0.399 e. The number of aromatic nitrogens is 4. The molecule has 0 spiro atoms.